The van der Waals surface area contributed by atoms with E-state index >= 15 is 0 Å². The zero-order chi connectivity index (χ0) is 14.1. The molecule has 0 fully saturated rings. The van der Waals surface area contributed by atoms with Crippen molar-refractivity contribution in [3.63, 3.8) is 0 Å². The van der Waals surface area contributed by atoms with Crippen LogP contribution < -0.4 is 4.74 Å². The van der Waals surface area contributed by atoms with Crippen molar-refractivity contribution in [1.29, 1.82) is 0 Å². The van der Waals surface area contributed by atoms with Gasteiger partial charge in [-0.15, -0.1) is 11.6 Å². The van der Waals surface area contributed by atoms with Crippen molar-refractivity contribution < 1.29 is 9.53 Å². The molecule has 0 aliphatic heterocycles. The normalized spacial score (nSPS) is 12.2. The first-order chi connectivity index (χ1) is 9.19. The lowest BCUT2D eigenvalue weighted by Gasteiger charge is -2.10. The highest BCUT2D eigenvalue weighted by atomic mass is 35.5. The summed E-state index contributed by atoms with van der Waals surface area (Å²) < 4.78 is 5.69. The number of rotatable bonds is 9. The number of benzene rings is 1. The Morgan fingerprint density at radius 2 is 2.05 bits per heavy atom. The number of alkyl halides is 1. The first-order valence-corrected chi connectivity index (χ1v) is 7.52. The van der Waals surface area contributed by atoms with Crippen LogP contribution >= 0.6 is 11.6 Å². The van der Waals surface area contributed by atoms with Gasteiger partial charge in [0.1, 0.15) is 11.1 Å². The van der Waals surface area contributed by atoms with Gasteiger partial charge in [0.05, 0.1) is 6.61 Å². The summed E-state index contributed by atoms with van der Waals surface area (Å²) in [7, 11) is 0. The molecule has 0 saturated carbocycles. The van der Waals surface area contributed by atoms with E-state index in [4.69, 9.17) is 16.3 Å². The van der Waals surface area contributed by atoms with E-state index in [-0.39, 0.29) is 5.78 Å². The van der Waals surface area contributed by atoms with Crippen molar-refractivity contribution in [3.8, 4) is 5.75 Å². The van der Waals surface area contributed by atoms with Gasteiger partial charge in [0.15, 0.2) is 5.78 Å². The van der Waals surface area contributed by atoms with E-state index in [1.807, 2.05) is 31.2 Å². The lowest BCUT2D eigenvalue weighted by Crippen LogP contribution is -2.05. The Morgan fingerprint density at radius 3 is 2.74 bits per heavy atom. The number of unbranched alkanes of at least 4 members (excludes halogenated alkanes) is 3. The molecule has 0 aliphatic rings. The Labute approximate surface area is 121 Å². The number of Topliss-reactive ketones (excluding diaryl/α,β-unsaturated/α-hetero) is 1. The third-order valence-corrected chi connectivity index (χ3v) is 3.54. The topological polar surface area (TPSA) is 26.3 Å². The lowest BCUT2D eigenvalue weighted by atomic mass is 10.1. The molecule has 19 heavy (non-hydrogen) atoms. The predicted molar refractivity (Wildman–Crippen MR) is 80.0 cm³/mol. The standard InChI is InChI=1S/C16H23ClO2/c1-3-5-6-7-11-19-14-10-8-9-13(12-14)16(17)15(18)4-2/h8-10,12,16H,3-7,11H2,1-2H3. The summed E-state index contributed by atoms with van der Waals surface area (Å²) >= 11 is 6.13. The molecule has 3 heteroatoms. The number of carbonyl (C=O) groups excluding carboxylic acids is 1. The zero-order valence-corrected chi connectivity index (χ0v) is 12.6. The van der Waals surface area contributed by atoms with Crippen LogP contribution in [0.1, 0.15) is 56.9 Å². The molecule has 1 rings (SSSR count). The third kappa shape index (κ3) is 5.65. The van der Waals surface area contributed by atoms with Crippen LogP contribution in [-0.2, 0) is 4.79 Å². The van der Waals surface area contributed by atoms with E-state index in [1.165, 1.54) is 19.3 Å². The zero-order valence-electron chi connectivity index (χ0n) is 11.8. The number of halogens is 1. The van der Waals surface area contributed by atoms with Gasteiger partial charge in [-0.3, -0.25) is 4.79 Å². The van der Waals surface area contributed by atoms with Gasteiger partial charge in [0.2, 0.25) is 0 Å². The molecular weight excluding hydrogens is 260 g/mol. The minimum Gasteiger partial charge on any atom is -0.494 e. The molecule has 1 unspecified atom stereocenters. The number of ketones is 1. The van der Waals surface area contributed by atoms with Crippen LogP contribution in [0, 0.1) is 0 Å². The number of hydrogen-bond acceptors (Lipinski definition) is 2. The van der Waals surface area contributed by atoms with Crippen LogP contribution in [0.15, 0.2) is 24.3 Å². The van der Waals surface area contributed by atoms with Crippen LogP contribution in [0.3, 0.4) is 0 Å². The third-order valence-electron chi connectivity index (χ3n) is 3.05. The fraction of sp³-hybridized carbons (Fsp3) is 0.562. The summed E-state index contributed by atoms with van der Waals surface area (Å²) in [6.07, 6.45) is 5.19. The minimum atomic E-state index is -0.561. The van der Waals surface area contributed by atoms with E-state index < -0.39 is 5.38 Å². The second-order valence-corrected chi connectivity index (χ2v) is 5.10. The molecule has 0 saturated heterocycles. The molecule has 106 valence electrons. The Balaban J connectivity index is 2.50. The van der Waals surface area contributed by atoms with Crippen LogP contribution in [-0.4, -0.2) is 12.4 Å². The number of ether oxygens (including phenoxy) is 1. The second kappa shape index (κ2) is 8.98. The van der Waals surface area contributed by atoms with Crippen LogP contribution in [0.25, 0.3) is 0 Å². The lowest BCUT2D eigenvalue weighted by molar-refractivity contribution is -0.118. The second-order valence-electron chi connectivity index (χ2n) is 4.66. The van der Waals surface area contributed by atoms with Gasteiger partial charge in [-0.2, -0.15) is 0 Å². The maximum atomic E-state index is 11.6. The van der Waals surface area contributed by atoms with E-state index in [9.17, 15) is 4.79 Å². The molecule has 1 aromatic carbocycles. The van der Waals surface area contributed by atoms with Gasteiger partial charge in [0, 0.05) is 6.42 Å². The highest BCUT2D eigenvalue weighted by Gasteiger charge is 2.15. The summed E-state index contributed by atoms with van der Waals surface area (Å²) in [6.45, 7) is 4.74. The van der Waals surface area contributed by atoms with Crippen molar-refractivity contribution >= 4 is 17.4 Å². The largest absolute Gasteiger partial charge is 0.494 e. The molecule has 0 heterocycles. The molecule has 0 N–H and O–H groups in total. The Hall–Kier alpha value is -1.02. The highest BCUT2D eigenvalue weighted by Crippen LogP contribution is 2.26. The SMILES string of the molecule is CCCCCCOc1cccc(C(Cl)C(=O)CC)c1. The van der Waals surface area contributed by atoms with Crippen LogP contribution in [0.5, 0.6) is 5.75 Å². The average molecular weight is 283 g/mol. The van der Waals surface area contributed by atoms with E-state index in [0.29, 0.717) is 6.42 Å². The molecular formula is C16H23ClO2. The fourth-order valence-electron chi connectivity index (χ4n) is 1.85. The van der Waals surface area contributed by atoms with Crippen molar-refractivity contribution in [1.82, 2.24) is 0 Å². The molecule has 1 aromatic rings. The smallest absolute Gasteiger partial charge is 0.154 e. The summed E-state index contributed by atoms with van der Waals surface area (Å²) in [5, 5.41) is -0.561. The number of carbonyl (C=O) groups is 1. The summed E-state index contributed by atoms with van der Waals surface area (Å²) in [6, 6.07) is 7.53. The van der Waals surface area contributed by atoms with Crippen molar-refractivity contribution in [2.75, 3.05) is 6.61 Å². The summed E-state index contributed by atoms with van der Waals surface area (Å²) in [5.74, 6) is 0.838. The maximum absolute atomic E-state index is 11.6. The quantitative estimate of drug-likeness (QED) is 0.475. The maximum Gasteiger partial charge on any atom is 0.154 e. The van der Waals surface area contributed by atoms with Crippen molar-refractivity contribution in [2.24, 2.45) is 0 Å². The first kappa shape index (κ1) is 16.0. The molecule has 1 atom stereocenters. The Kier molecular flexibility index (Phi) is 7.57. The van der Waals surface area contributed by atoms with Crippen molar-refractivity contribution in [2.45, 2.75) is 51.3 Å². The van der Waals surface area contributed by atoms with Crippen LogP contribution in [0.2, 0.25) is 0 Å². The summed E-state index contributed by atoms with van der Waals surface area (Å²) in [5.41, 5.74) is 0.819. The molecule has 0 spiro atoms. The molecule has 0 amide bonds. The van der Waals surface area contributed by atoms with Gasteiger partial charge in [-0.25, -0.2) is 0 Å². The molecule has 0 radical (unpaired) electrons. The molecule has 2 nitrogen and oxygen atoms in total. The van der Waals surface area contributed by atoms with Gasteiger partial charge < -0.3 is 4.74 Å². The van der Waals surface area contributed by atoms with Crippen LogP contribution in [0.4, 0.5) is 0 Å². The Bertz CT molecular complexity index is 390. The number of hydrogen-bond donors (Lipinski definition) is 0. The molecule has 0 aliphatic carbocycles. The van der Waals surface area contributed by atoms with E-state index in [2.05, 4.69) is 6.92 Å². The van der Waals surface area contributed by atoms with Gasteiger partial charge in [0.25, 0.3) is 0 Å². The van der Waals surface area contributed by atoms with Crippen molar-refractivity contribution in [3.05, 3.63) is 29.8 Å². The molecule has 0 aromatic heterocycles. The van der Waals surface area contributed by atoms with Gasteiger partial charge in [-0.1, -0.05) is 45.2 Å². The summed E-state index contributed by atoms with van der Waals surface area (Å²) in [4.78, 5) is 11.6. The predicted octanol–water partition coefficient (Wildman–Crippen LogP) is 4.90. The van der Waals surface area contributed by atoms with E-state index in [0.717, 1.165) is 24.3 Å². The van der Waals surface area contributed by atoms with Gasteiger partial charge in [-0.05, 0) is 24.1 Å². The monoisotopic (exact) mass is 282 g/mol. The Morgan fingerprint density at radius 1 is 1.26 bits per heavy atom. The van der Waals surface area contributed by atoms with Gasteiger partial charge >= 0.3 is 0 Å². The first-order valence-electron chi connectivity index (χ1n) is 7.08. The fourth-order valence-corrected chi connectivity index (χ4v) is 2.14. The molecule has 0 bridgehead atoms. The minimum absolute atomic E-state index is 0.0433. The average Bonchev–Trinajstić information content (AvgIpc) is 2.45. The van der Waals surface area contributed by atoms with E-state index in [1.54, 1.807) is 0 Å². The highest BCUT2D eigenvalue weighted by molar-refractivity contribution is 6.31.